The number of hydrogen-bond acceptors (Lipinski definition) is 3. The fraction of sp³-hybridized carbons (Fsp3) is 0.588. The van der Waals surface area contributed by atoms with Crippen molar-refractivity contribution in [2.24, 2.45) is 0 Å². The van der Waals surface area contributed by atoms with Gasteiger partial charge < -0.3 is 15.4 Å². The molecule has 21 heavy (non-hydrogen) atoms. The van der Waals surface area contributed by atoms with E-state index in [0.717, 1.165) is 17.9 Å². The van der Waals surface area contributed by atoms with E-state index in [1.165, 1.54) is 0 Å². The van der Waals surface area contributed by atoms with Crippen LogP contribution in [0.1, 0.15) is 53.1 Å². The molecule has 0 saturated carbocycles. The third kappa shape index (κ3) is 5.38. The normalized spacial score (nSPS) is 13.1. The predicted octanol–water partition coefficient (Wildman–Crippen LogP) is 3.04. The molecule has 1 amide bonds. The minimum atomic E-state index is -0.566. The van der Waals surface area contributed by atoms with E-state index in [1.54, 1.807) is 0 Å². The number of nitrogens with one attached hydrogen (secondary N) is 2. The molecule has 118 valence electrons. The zero-order chi connectivity index (χ0) is 16.0. The fourth-order valence-corrected chi connectivity index (χ4v) is 2.09. The second-order valence-corrected chi connectivity index (χ2v) is 6.09. The Balaban J connectivity index is 2.67. The van der Waals surface area contributed by atoms with Gasteiger partial charge >= 0.3 is 0 Å². The van der Waals surface area contributed by atoms with E-state index in [0.29, 0.717) is 0 Å². The molecule has 0 radical (unpaired) electrons. The number of amides is 1. The van der Waals surface area contributed by atoms with Crippen LogP contribution in [-0.4, -0.2) is 24.1 Å². The lowest BCUT2D eigenvalue weighted by Crippen LogP contribution is -2.52. The van der Waals surface area contributed by atoms with Crippen LogP contribution in [0.2, 0.25) is 0 Å². The molecule has 1 unspecified atom stereocenters. The Morgan fingerprint density at radius 1 is 1.19 bits per heavy atom. The molecule has 0 aliphatic rings. The molecule has 0 saturated heterocycles. The molecule has 0 fully saturated rings. The molecule has 0 aliphatic heterocycles. The SMILES string of the molecule is CCNC(C)(C)C(=O)NC(C)c1ccc(OC(C)C)cc1. The summed E-state index contributed by atoms with van der Waals surface area (Å²) < 4.78 is 5.62. The number of likely N-dealkylation sites (N-methyl/N-ethyl adjacent to an activating group) is 1. The quantitative estimate of drug-likeness (QED) is 0.812. The molecule has 0 bridgehead atoms. The molecule has 4 nitrogen and oxygen atoms in total. The largest absolute Gasteiger partial charge is 0.491 e. The highest BCUT2D eigenvalue weighted by atomic mass is 16.5. The summed E-state index contributed by atoms with van der Waals surface area (Å²) in [4.78, 5) is 12.3. The Kier molecular flexibility index (Phi) is 6.21. The van der Waals surface area contributed by atoms with Gasteiger partial charge in [-0.3, -0.25) is 4.79 Å². The molecule has 4 heteroatoms. The summed E-state index contributed by atoms with van der Waals surface area (Å²) >= 11 is 0. The van der Waals surface area contributed by atoms with E-state index in [2.05, 4.69) is 10.6 Å². The molecular weight excluding hydrogens is 264 g/mol. The highest BCUT2D eigenvalue weighted by molar-refractivity contribution is 5.85. The lowest BCUT2D eigenvalue weighted by atomic mass is 10.0. The highest BCUT2D eigenvalue weighted by Crippen LogP contribution is 2.19. The van der Waals surface area contributed by atoms with Crippen LogP contribution in [0, 0.1) is 0 Å². The van der Waals surface area contributed by atoms with Crippen molar-refractivity contribution >= 4 is 5.91 Å². The average Bonchev–Trinajstić information content (AvgIpc) is 2.38. The van der Waals surface area contributed by atoms with Crippen LogP contribution in [0.5, 0.6) is 5.75 Å². The average molecular weight is 292 g/mol. The summed E-state index contributed by atoms with van der Waals surface area (Å²) in [7, 11) is 0. The molecular formula is C17H28N2O2. The van der Waals surface area contributed by atoms with Crippen molar-refractivity contribution in [2.45, 2.75) is 59.2 Å². The Morgan fingerprint density at radius 2 is 1.76 bits per heavy atom. The Labute approximate surface area is 128 Å². The van der Waals surface area contributed by atoms with Gasteiger partial charge in [0, 0.05) is 0 Å². The van der Waals surface area contributed by atoms with Crippen molar-refractivity contribution in [2.75, 3.05) is 6.54 Å². The topological polar surface area (TPSA) is 50.4 Å². The number of carbonyl (C=O) groups is 1. The van der Waals surface area contributed by atoms with Crippen LogP contribution in [0.25, 0.3) is 0 Å². The Hall–Kier alpha value is -1.55. The van der Waals surface area contributed by atoms with Gasteiger partial charge in [-0.2, -0.15) is 0 Å². The molecule has 1 atom stereocenters. The summed E-state index contributed by atoms with van der Waals surface area (Å²) in [6, 6.07) is 7.82. The summed E-state index contributed by atoms with van der Waals surface area (Å²) in [6.45, 7) is 12.5. The molecule has 1 rings (SSSR count). The first-order valence-electron chi connectivity index (χ1n) is 7.59. The summed E-state index contributed by atoms with van der Waals surface area (Å²) in [5.41, 5.74) is 0.496. The van der Waals surface area contributed by atoms with E-state index < -0.39 is 5.54 Å². The lowest BCUT2D eigenvalue weighted by molar-refractivity contribution is -0.127. The Morgan fingerprint density at radius 3 is 2.24 bits per heavy atom. The first-order chi connectivity index (χ1) is 9.76. The van der Waals surface area contributed by atoms with E-state index in [4.69, 9.17) is 4.74 Å². The standard InChI is InChI=1S/C17H28N2O2/c1-7-18-17(5,6)16(20)19-13(4)14-8-10-15(11-9-14)21-12(2)3/h8-13,18H,7H2,1-6H3,(H,19,20). The number of ether oxygens (including phenoxy) is 1. The van der Waals surface area contributed by atoms with Gasteiger partial charge in [-0.1, -0.05) is 19.1 Å². The third-order valence-electron chi connectivity index (χ3n) is 3.29. The summed E-state index contributed by atoms with van der Waals surface area (Å²) in [5, 5.41) is 6.22. The molecule has 2 N–H and O–H groups in total. The van der Waals surface area contributed by atoms with Crippen molar-refractivity contribution in [1.29, 1.82) is 0 Å². The maximum Gasteiger partial charge on any atom is 0.240 e. The maximum absolute atomic E-state index is 12.3. The fourth-order valence-electron chi connectivity index (χ4n) is 2.09. The predicted molar refractivity (Wildman–Crippen MR) is 86.5 cm³/mol. The van der Waals surface area contributed by atoms with Gasteiger partial charge in [0.05, 0.1) is 17.7 Å². The van der Waals surface area contributed by atoms with Gasteiger partial charge in [0.15, 0.2) is 0 Å². The van der Waals surface area contributed by atoms with Gasteiger partial charge in [0.2, 0.25) is 5.91 Å². The third-order valence-corrected chi connectivity index (χ3v) is 3.29. The van der Waals surface area contributed by atoms with E-state index in [-0.39, 0.29) is 18.1 Å². The highest BCUT2D eigenvalue weighted by Gasteiger charge is 2.27. The zero-order valence-electron chi connectivity index (χ0n) is 14.0. The van der Waals surface area contributed by atoms with Crippen LogP contribution in [0.15, 0.2) is 24.3 Å². The van der Waals surface area contributed by atoms with Crippen molar-refractivity contribution in [1.82, 2.24) is 10.6 Å². The minimum Gasteiger partial charge on any atom is -0.491 e. The number of hydrogen-bond donors (Lipinski definition) is 2. The van der Waals surface area contributed by atoms with E-state index in [1.807, 2.05) is 65.8 Å². The van der Waals surface area contributed by atoms with Crippen LogP contribution in [0.3, 0.4) is 0 Å². The van der Waals surface area contributed by atoms with Crippen molar-refractivity contribution < 1.29 is 9.53 Å². The number of rotatable bonds is 7. The second kappa shape index (κ2) is 7.46. The van der Waals surface area contributed by atoms with Gasteiger partial charge in [-0.25, -0.2) is 0 Å². The summed E-state index contributed by atoms with van der Waals surface area (Å²) in [6.07, 6.45) is 0.161. The first kappa shape index (κ1) is 17.5. The molecule has 0 aliphatic carbocycles. The number of carbonyl (C=O) groups excluding carboxylic acids is 1. The first-order valence-corrected chi connectivity index (χ1v) is 7.59. The molecule has 0 spiro atoms. The van der Waals surface area contributed by atoms with E-state index in [9.17, 15) is 4.79 Å². The van der Waals surface area contributed by atoms with E-state index >= 15 is 0 Å². The zero-order valence-corrected chi connectivity index (χ0v) is 14.0. The number of benzene rings is 1. The molecule has 1 aromatic rings. The molecule has 0 heterocycles. The van der Waals surface area contributed by atoms with Crippen LogP contribution in [-0.2, 0) is 4.79 Å². The van der Waals surface area contributed by atoms with Crippen molar-refractivity contribution in [3.05, 3.63) is 29.8 Å². The van der Waals surface area contributed by atoms with Gasteiger partial charge in [-0.15, -0.1) is 0 Å². The van der Waals surface area contributed by atoms with Crippen molar-refractivity contribution in [3.8, 4) is 5.75 Å². The van der Waals surface area contributed by atoms with Crippen molar-refractivity contribution in [3.63, 3.8) is 0 Å². The molecule has 1 aromatic carbocycles. The maximum atomic E-state index is 12.3. The van der Waals surface area contributed by atoms with Gasteiger partial charge in [0.1, 0.15) is 5.75 Å². The van der Waals surface area contributed by atoms with Crippen LogP contribution < -0.4 is 15.4 Å². The van der Waals surface area contributed by atoms with Crippen LogP contribution >= 0.6 is 0 Å². The Bertz CT molecular complexity index is 452. The smallest absolute Gasteiger partial charge is 0.240 e. The lowest BCUT2D eigenvalue weighted by Gasteiger charge is -2.27. The monoisotopic (exact) mass is 292 g/mol. The van der Waals surface area contributed by atoms with Gasteiger partial charge in [0.25, 0.3) is 0 Å². The summed E-state index contributed by atoms with van der Waals surface area (Å²) in [5.74, 6) is 0.847. The minimum absolute atomic E-state index is 0.000595. The van der Waals surface area contributed by atoms with Gasteiger partial charge in [-0.05, 0) is 58.9 Å². The second-order valence-electron chi connectivity index (χ2n) is 6.09. The van der Waals surface area contributed by atoms with Crippen LogP contribution in [0.4, 0.5) is 0 Å². The molecule has 0 aromatic heterocycles.